The molecule has 4 heteroatoms. The number of hydrogen-bond acceptors (Lipinski definition) is 3. The smallest absolute Gasteiger partial charge is 0.412 e. The molecule has 1 aliphatic heterocycles. The number of amides is 1. The van der Waals surface area contributed by atoms with E-state index in [1.165, 1.54) is 6.08 Å². The summed E-state index contributed by atoms with van der Waals surface area (Å²) in [6, 6.07) is 0. The van der Waals surface area contributed by atoms with Gasteiger partial charge < -0.3 is 14.7 Å². The zero-order chi connectivity index (χ0) is 8.97. The molecule has 0 aromatic heterocycles. The maximum absolute atomic E-state index is 11.0. The highest BCUT2D eigenvalue weighted by molar-refractivity contribution is 5.68. The number of nitrogens with zero attached hydrogens (tertiary/aromatic N) is 1. The molecule has 4 nitrogen and oxygen atoms in total. The number of likely N-dealkylation sites (tertiary alicyclic amines) is 1. The summed E-state index contributed by atoms with van der Waals surface area (Å²) in [6.45, 7) is 4.89. The number of ether oxygens (including phenoxy) is 1. The first-order chi connectivity index (χ1) is 5.74. The lowest BCUT2D eigenvalue weighted by Crippen LogP contribution is -2.43. The van der Waals surface area contributed by atoms with E-state index in [-0.39, 0.29) is 6.42 Å². The summed E-state index contributed by atoms with van der Waals surface area (Å²) in [5.74, 6) is 0. The van der Waals surface area contributed by atoms with Gasteiger partial charge in [-0.15, -0.1) is 6.58 Å². The molecule has 1 unspecified atom stereocenters. The third-order valence-corrected chi connectivity index (χ3v) is 1.72. The van der Waals surface area contributed by atoms with Crippen LogP contribution in [0.3, 0.4) is 0 Å². The topological polar surface area (TPSA) is 49.8 Å². The van der Waals surface area contributed by atoms with Crippen molar-refractivity contribution in [1.29, 1.82) is 0 Å². The zero-order valence-electron chi connectivity index (χ0n) is 6.90. The summed E-state index contributed by atoms with van der Waals surface area (Å²) in [5, 5.41) is 9.05. The Hall–Kier alpha value is -1.03. The van der Waals surface area contributed by atoms with E-state index in [9.17, 15) is 4.79 Å². The summed E-state index contributed by atoms with van der Waals surface area (Å²) in [6.07, 6.45) is 1.33. The summed E-state index contributed by atoms with van der Waals surface area (Å²) in [4.78, 5) is 12.6. The lowest BCUT2D eigenvalue weighted by molar-refractivity contribution is -0.0659. The van der Waals surface area contributed by atoms with Crippen LogP contribution in [0.5, 0.6) is 0 Å². The van der Waals surface area contributed by atoms with E-state index in [1.54, 1.807) is 4.90 Å². The molecular formula is C8H13NO3. The number of aliphatic hydroxyl groups is 1. The molecule has 1 N–H and O–H groups in total. The van der Waals surface area contributed by atoms with E-state index in [1.807, 2.05) is 0 Å². The fraction of sp³-hybridized carbons (Fsp3) is 0.625. The van der Waals surface area contributed by atoms with Gasteiger partial charge >= 0.3 is 6.09 Å². The Balaban J connectivity index is 2.19. The quantitative estimate of drug-likeness (QED) is 0.503. The molecule has 0 spiro atoms. The average Bonchev–Trinajstić information content (AvgIpc) is 1.82. The molecule has 1 fully saturated rings. The normalized spacial score (nSPS) is 17.9. The molecular weight excluding hydrogens is 158 g/mol. The summed E-state index contributed by atoms with van der Waals surface area (Å²) < 4.78 is 4.67. The fourth-order valence-corrected chi connectivity index (χ4v) is 0.880. The molecule has 68 valence electrons. The first kappa shape index (κ1) is 9.06. The van der Waals surface area contributed by atoms with Gasteiger partial charge in [0.25, 0.3) is 0 Å². The van der Waals surface area contributed by atoms with Gasteiger partial charge in [0.2, 0.25) is 6.29 Å². The van der Waals surface area contributed by atoms with Crippen molar-refractivity contribution >= 4 is 6.09 Å². The van der Waals surface area contributed by atoms with Crippen LogP contribution in [0.25, 0.3) is 0 Å². The predicted molar refractivity (Wildman–Crippen MR) is 43.5 cm³/mol. The monoisotopic (exact) mass is 171 g/mol. The van der Waals surface area contributed by atoms with Gasteiger partial charge in [0.05, 0.1) is 0 Å². The Morgan fingerprint density at radius 2 is 2.42 bits per heavy atom. The fourth-order valence-electron chi connectivity index (χ4n) is 0.880. The van der Waals surface area contributed by atoms with Crippen molar-refractivity contribution in [2.24, 2.45) is 0 Å². The van der Waals surface area contributed by atoms with Gasteiger partial charge in [-0.1, -0.05) is 6.08 Å². The van der Waals surface area contributed by atoms with E-state index >= 15 is 0 Å². The molecule has 0 radical (unpaired) electrons. The summed E-state index contributed by atoms with van der Waals surface area (Å²) >= 11 is 0. The number of hydrogen-bond donors (Lipinski definition) is 1. The average molecular weight is 171 g/mol. The van der Waals surface area contributed by atoms with Crippen molar-refractivity contribution in [3.63, 3.8) is 0 Å². The van der Waals surface area contributed by atoms with E-state index < -0.39 is 12.4 Å². The molecule has 0 aliphatic carbocycles. The Morgan fingerprint density at radius 1 is 1.75 bits per heavy atom. The van der Waals surface area contributed by atoms with Crippen molar-refractivity contribution in [2.75, 3.05) is 13.1 Å². The first-order valence-corrected chi connectivity index (χ1v) is 3.98. The number of aliphatic hydroxyl groups excluding tert-OH is 1. The van der Waals surface area contributed by atoms with E-state index in [4.69, 9.17) is 5.11 Å². The Labute approximate surface area is 71.4 Å². The van der Waals surface area contributed by atoms with Crippen LogP contribution in [-0.2, 0) is 4.74 Å². The largest absolute Gasteiger partial charge is 0.419 e. The van der Waals surface area contributed by atoms with Gasteiger partial charge in [-0.2, -0.15) is 0 Å². The zero-order valence-corrected chi connectivity index (χ0v) is 6.90. The highest BCUT2D eigenvalue weighted by Crippen LogP contribution is 2.09. The van der Waals surface area contributed by atoms with Crippen LogP contribution in [-0.4, -0.2) is 35.5 Å². The van der Waals surface area contributed by atoms with Crippen molar-refractivity contribution in [2.45, 2.75) is 19.1 Å². The van der Waals surface area contributed by atoms with Crippen LogP contribution >= 0.6 is 0 Å². The number of carbonyl (C=O) groups excluding carboxylic acids is 1. The van der Waals surface area contributed by atoms with Gasteiger partial charge in [0, 0.05) is 19.5 Å². The Kier molecular flexibility index (Phi) is 3.10. The Bertz CT molecular complexity index is 177. The molecule has 0 saturated carbocycles. The molecule has 0 aromatic rings. The number of rotatable bonds is 3. The van der Waals surface area contributed by atoms with Crippen LogP contribution in [0.15, 0.2) is 12.7 Å². The van der Waals surface area contributed by atoms with Gasteiger partial charge in [-0.25, -0.2) is 4.79 Å². The SMILES string of the molecule is C=CCC(O)OC(=O)N1CCC1. The van der Waals surface area contributed by atoms with Crippen LogP contribution in [0.2, 0.25) is 0 Å². The van der Waals surface area contributed by atoms with E-state index in [0.717, 1.165) is 19.5 Å². The standard InChI is InChI=1S/C8H13NO3/c1-2-4-7(10)12-8(11)9-5-3-6-9/h2,7,10H,1,3-6H2. The minimum absolute atomic E-state index is 0.277. The summed E-state index contributed by atoms with van der Waals surface area (Å²) in [5.41, 5.74) is 0. The predicted octanol–water partition coefficient (Wildman–Crippen LogP) is 0.723. The van der Waals surface area contributed by atoms with Crippen molar-refractivity contribution in [3.05, 3.63) is 12.7 Å². The molecule has 1 aliphatic rings. The number of carbonyl (C=O) groups is 1. The minimum atomic E-state index is -1.05. The van der Waals surface area contributed by atoms with Crippen molar-refractivity contribution in [3.8, 4) is 0 Å². The molecule has 12 heavy (non-hydrogen) atoms. The highest BCUT2D eigenvalue weighted by Gasteiger charge is 2.23. The lowest BCUT2D eigenvalue weighted by Gasteiger charge is -2.30. The van der Waals surface area contributed by atoms with Gasteiger partial charge in [0.1, 0.15) is 0 Å². The second kappa shape index (κ2) is 4.11. The lowest BCUT2D eigenvalue weighted by atomic mass is 10.2. The minimum Gasteiger partial charge on any atom is -0.419 e. The van der Waals surface area contributed by atoms with Gasteiger partial charge in [-0.3, -0.25) is 0 Å². The third-order valence-electron chi connectivity index (χ3n) is 1.72. The molecule has 1 rings (SSSR count). The first-order valence-electron chi connectivity index (χ1n) is 3.98. The molecule has 0 aromatic carbocycles. The van der Waals surface area contributed by atoms with E-state index in [0.29, 0.717) is 0 Å². The molecule has 1 heterocycles. The van der Waals surface area contributed by atoms with Crippen LogP contribution in [0.1, 0.15) is 12.8 Å². The highest BCUT2D eigenvalue weighted by atomic mass is 16.6. The van der Waals surface area contributed by atoms with Crippen LogP contribution < -0.4 is 0 Å². The maximum atomic E-state index is 11.0. The molecule has 1 atom stereocenters. The van der Waals surface area contributed by atoms with Crippen molar-refractivity contribution in [1.82, 2.24) is 4.90 Å². The van der Waals surface area contributed by atoms with Gasteiger partial charge in [-0.05, 0) is 6.42 Å². The second-order valence-corrected chi connectivity index (χ2v) is 2.70. The molecule has 1 saturated heterocycles. The maximum Gasteiger partial charge on any atom is 0.412 e. The third kappa shape index (κ3) is 2.23. The Morgan fingerprint density at radius 3 is 2.83 bits per heavy atom. The van der Waals surface area contributed by atoms with Crippen LogP contribution in [0, 0.1) is 0 Å². The molecule has 1 amide bonds. The van der Waals surface area contributed by atoms with Crippen molar-refractivity contribution < 1.29 is 14.6 Å². The van der Waals surface area contributed by atoms with Gasteiger partial charge in [0.15, 0.2) is 0 Å². The summed E-state index contributed by atoms with van der Waals surface area (Å²) in [7, 11) is 0. The van der Waals surface area contributed by atoms with Crippen LogP contribution in [0.4, 0.5) is 4.79 Å². The van der Waals surface area contributed by atoms with E-state index in [2.05, 4.69) is 11.3 Å². The second-order valence-electron chi connectivity index (χ2n) is 2.70. The molecule has 0 bridgehead atoms.